The van der Waals surface area contributed by atoms with Gasteiger partial charge in [-0.1, -0.05) is 312 Å². The Labute approximate surface area is 515 Å². The van der Waals surface area contributed by atoms with E-state index >= 15 is 0 Å². The fourth-order valence-electron chi connectivity index (χ4n) is 10.9. The van der Waals surface area contributed by atoms with Crippen LogP contribution >= 0.6 is 0 Å². The molecular weight excluding hydrogens is 1050 g/mol. The van der Waals surface area contributed by atoms with Crippen molar-refractivity contribution in [3.05, 3.63) is 72.9 Å². The molecular formula is C73H131NO10. The van der Waals surface area contributed by atoms with E-state index in [1.54, 1.807) is 6.08 Å². The van der Waals surface area contributed by atoms with Crippen LogP contribution in [-0.2, 0) is 23.8 Å². The lowest BCUT2D eigenvalue weighted by atomic mass is 9.99. The first kappa shape index (κ1) is 79.1. The van der Waals surface area contributed by atoms with Gasteiger partial charge in [0.1, 0.15) is 24.4 Å². The van der Waals surface area contributed by atoms with Crippen LogP contribution in [0.1, 0.15) is 316 Å². The van der Waals surface area contributed by atoms with E-state index in [1.165, 1.54) is 167 Å². The number of nitrogens with one attached hydrogen (secondary N) is 1. The van der Waals surface area contributed by atoms with E-state index in [-0.39, 0.29) is 13.0 Å². The first-order valence-electron chi connectivity index (χ1n) is 35.2. The van der Waals surface area contributed by atoms with Crippen LogP contribution in [0.15, 0.2) is 72.9 Å². The number of ether oxygens (including phenoxy) is 3. The molecule has 0 aliphatic carbocycles. The summed E-state index contributed by atoms with van der Waals surface area (Å²) in [5.41, 5.74) is 0. The number of hydrogen-bond donors (Lipinski definition) is 6. The summed E-state index contributed by atoms with van der Waals surface area (Å²) in [6, 6.07) is -1.03. The zero-order valence-electron chi connectivity index (χ0n) is 54.3. The monoisotopic (exact) mass is 1180 g/mol. The van der Waals surface area contributed by atoms with Crippen molar-refractivity contribution in [3.8, 4) is 0 Å². The van der Waals surface area contributed by atoms with Crippen LogP contribution in [0.25, 0.3) is 0 Å². The fourth-order valence-corrected chi connectivity index (χ4v) is 10.9. The van der Waals surface area contributed by atoms with Gasteiger partial charge in [0.25, 0.3) is 0 Å². The average Bonchev–Trinajstić information content (AvgIpc) is 3.69. The second-order valence-electron chi connectivity index (χ2n) is 24.2. The number of carbonyl (C=O) groups is 2. The maximum Gasteiger partial charge on any atom is 0.306 e. The normalized spacial score (nSPS) is 18.9. The van der Waals surface area contributed by atoms with E-state index in [0.717, 1.165) is 103 Å². The summed E-state index contributed by atoms with van der Waals surface area (Å²) in [6.07, 6.45) is 68.0. The molecule has 1 saturated heterocycles. The van der Waals surface area contributed by atoms with Crippen LogP contribution in [0.5, 0.6) is 0 Å². The van der Waals surface area contributed by atoms with E-state index in [1.807, 2.05) is 6.08 Å². The Bertz CT molecular complexity index is 1640. The summed E-state index contributed by atoms with van der Waals surface area (Å²) in [5, 5.41) is 57.2. The molecule has 488 valence electrons. The van der Waals surface area contributed by atoms with Crippen LogP contribution in [0, 0.1) is 0 Å². The minimum atomic E-state index is -1.62. The van der Waals surface area contributed by atoms with Gasteiger partial charge in [0.2, 0.25) is 5.91 Å². The topological polar surface area (TPSA) is 175 Å². The molecule has 0 saturated carbocycles. The van der Waals surface area contributed by atoms with Crippen molar-refractivity contribution < 1.29 is 49.3 Å². The highest BCUT2D eigenvalue weighted by molar-refractivity contribution is 5.80. The lowest BCUT2D eigenvalue weighted by Gasteiger charge is -2.41. The molecule has 1 heterocycles. The Morgan fingerprint density at radius 2 is 0.857 bits per heavy atom. The minimum Gasteiger partial charge on any atom is -0.454 e. The van der Waals surface area contributed by atoms with Crippen LogP contribution in [0.2, 0.25) is 0 Å². The number of unbranched alkanes of at least 4 members (excludes halogenated alkanes) is 36. The highest BCUT2D eigenvalue weighted by atomic mass is 16.7. The van der Waals surface area contributed by atoms with Crippen molar-refractivity contribution in [2.75, 3.05) is 13.2 Å². The zero-order chi connectivity index (χ0) is 61.0. The summed E-state index contributed by atoms with van der Waals surface area (Å²) >= 11 is 0. The van der Waals surface area contributed by atoms with Crippen molar-refractivity contribution in [1.82, 2.24) is 5.32 Å². The van der Waals surface area contributed by atoms with Gasteiger partial charge < -0.3 is 45.1 Å². The third kappa shape index (κ3) is 47.2. The highest BCUT2D eigenvalue weighted by Crippen LogP contribution is 2.26. The van der Waals surface area contributed by atoms with Crippen molar-refractivity contribution >= 4 is 11.9 Å². The standard InChI is InChI=1S/C73H131NO10/c1-4-7-10-13-16-19-22-25-27-29-31-33-35-36-38-40-42-45-48-51-54-57-60-66(77)72(81)74-64(65(76)59-56-53-50-47-44-24-21-18-15-12-9-6-3)63-82-73-71(70(80)69(79)67(62-75)83-73)84-68(78)61-58-55-52-49-46-43-41-39-37-34-32-30-28-26-23-20-17-14-11-8-5-2/h8,11,17,20,26,28,32,34,39,41,56,59,64-67,69-71,73,75-77,79-80H,4-7,9-10,12-16,18-19,21-25,27,29-31,33,35-38,40,42-55,57-58,60-63H2,1-3H3,(H,74,81)/b11-8-,20-17-,28-26-,34-32-,41-39-,59-56+. The number of aliphatic hydroxyl groups excluding tert-OH is 5. The summed E-state index contributed by atoms with van der Waals surface area (Å²) in [5.74, 6) is -1.21. The van der Waals surface area contributed by atoms with Gasteiger partial charge in [-0.05, 0) is 70.6 Å². The number of carbonyl (C=O) groups excluding carboxylic acids is 2. The summed E-state index contributed by atoms with van der Waals surface area (Å²) in [4.78, 5) is 26.7. The number of esters is 1. The molecule has 0 spiro atoms. The highest BCUT2D eigenvalue weighted by Gasteiger charge is 2.47. The number of allylic oxidation sites excluding steroid dienone is 11. The first-order valence-corrected chi connectivity index (χ1v) is 35.2. The Morgan fingerprint density at radius 1 is 0.476 bits per heavy atom. The van der Waals surface area contributed by atoms with Gasteiger partial charge in [0, 0.05) is 6.42 Å². The van der Waals surface area contributed by atoms with E-state index in [2.05, 4.69) is 86.8 Å². The fraction of sp³-hybridized carbons (Fsp3) is 0.808. The number of aliphatic hydroxyl groups is 5. The van der Waals surface area contributed by atoms with E-state index < -0.39 is 67.4 Å². The molecule has 1 amide bonds. The smallest absolute Gasteiger partial charge is 0.306 e. The van der Waals surface area contributed by atoms with Gasteiger partial charge in [-0.2, -0.15) is 0 Å². The summed E-state index contributed by atoms with van der Waals surface area (Å²) in [7, 11) is 0. The molecule has 1 aliphatic rings. The maximum atomic E-state index is 13.5. The summed E-state index contributed by atoms with van der Waals surface area (Å²) < 4.78 is 17.7. The largest absolute Gasteiger partial charge is 0.454 e. The minimum absolute atomic E-state index is 0.100. The van der Waals surface area contributed by atoms with Gasteiger partial charge in [-0.15, -0.1) is 0 Å². The third-order valence-electron chi connectivity index (χ3n) is 16.4. The molecule has 0 aromatic carbocycles. The molecule has 11 heteroatoms. The average molecular weight is 1180 g/mol. The SMILES string of the molecule is CC/C=C\C/C=C\C/C=C\C/C=C\C/C=C\CCCCCCCC(=O)OC1C(OCC(NC(=O)C(O)CCCCCCCCCCCCCCCCCCCCCCCC)C(O)/C=C/CCCCCCCCCCCC)OC(CO)C(O)C1O. The molecule has 8 unspecified atom stereocenters. The number of amides is 1. The van der Waals surface area contributed by atoms with Gasteiger partial charge in [-0.3, -0.25) is 9.59 Å². The van der Waals surface area contributed by atoms with Gasteiger partial charge >= 0.3 is 5.97 Å². The van der Waals surface area contributed by atoms with Crippen LogP contribution in [0.4, 0.5) is 0 Å². The van der Waals surface area contributed by atoms with E-state index in [4.69, 9.17) is 14.2 Å². The van der Waals surface area contributed by atoms with Crippen LogP contribution < -0.4 is 5.32 Å². The predicted octanol–water partition coefficient (Wildman–Crippen LogP) is 17.9. The van der Waals surface area contributed by atoms with Crippen molar-refractivity contribution in [2.24, 2.45) is 0 Å². The molecule has 0 aromatic heterocycles. The van der Waals surface area contributed by atoms with E-state index in [9.17, 15) is 35.1 Å². The van der Waals surface area contributed by atoms with Crippen molar-refractivity contribution in [2.45, 2.75) is 365 Å². The Balaban J connectivity index is 2.60. The Morgan fingerprint density at radius 3 is 1.29 bits per heavy atom. The quantitative estimate of drug-likeness (QED) is 0.0195. The number of hydrogen-bond acceptors (Lipinski definition) is 10. The second-order valence-corrected chi connectivity index (χ2v) is 24.2. The van der Waals surface area contributed by atoms with Crippen molar-refractivity contribution in [3.63, 3.8) is 0 Å². The van der Waals surface area contributed by atoms with Gasteiger partial charge in [0.05, 0.1) is 25.4 Å². The first-order chi connectivity index (χ1) is 41.2. The molecule has 6 N–H and O–H groups in total. The lowest BCUT2D eigenvalue weighted by molar-refractivity contribution is -0.305. The third-order valence-corrected chi connectivity index (χ3v) is 16.4. The summed E-state index contributed by atoms with van der Waals surface area (Å²) in [6.45, 7) is 5.70. The molecule has 8 atom stereocenters. The van der Waals surface area contributed by atoms with Gasteiger partial charge in [0.15, 0.2) is 12.4 Å². The van der Waals surface area contributed by atoms with Crippen LogP contribution in [0.3, 0.4) is 0 Å². The Kier molecular flexibility index (Phi) is 56.9. The maximum absolute atomic E-state index is 13.5. The molecule has 0 aromatic rings. The van der Waals surface area contributed by atoms with E-state index in [0.29, 0.717) is 19.3 Å². The van der Waals surface area contributed by atoms with Gasteiger partial charge in [-0.25, -0.2) is 0 Å². The molecule has 0 radical (unpaired) electrons. The number of rotatable bonds is 60. The lowest BCUT2D eigenvalue weighted by Crippen LogP contribution is -2.61. The zero-order valence-corrected chi connectivity index (χ0v) is 54.3. The molecule has 1 aliphatic heterocycles. The molecule has 1 rings (SSSR count). The Hall–Kier alpha value is -2.90. The molecule has 0 bridgehead atoms. The molecule has 1 fully saturated rings. The van der Waals surface area contributed by atoms with Crippen LogP contribution in [-0.4, -0.2) is 99.6 Å². The van der Waals surface area contributed by atoms with Crippen molar-refractivity contribution in [1.29, 1.82) is 0 Å². The molecule has 11 nitrogen and oxygen atoms in total. The molecule has 84 heavy (non-hydrogen) atoms. The predicted molar refractivity (Wildman–Crippen MR) is 352 cm³/mol. The second kappa shape index (κ2) is 60.4.